The minimum atomic E-state index is -0.272. The number of benzene rings is 2. The van der Waals surface area contributed by atoms with Gasteiger partial charge in [-0.15, -0.1) is 0 Å². The predicted molar refractivity (Wildman–Crippen MR) is 93.1 cm³/mol. The molecular formula is C16H12Cl3N3O. The fourth-order valence-electron chi connectivity index (χ4n) is 2.30. The van der Waals surface area contributed by atoms with Crippen LogP contribution in [0.15, 0.2) is 47.3 Å². The van der Waals surface area contributed by atoms with Crippen molar-refractivity contribution < 1.29 is 0 Å². The first-order valence-electron chi connectivity index (χ1n) is 6.82. The summed E-state index contributed by atoms with van der Waals surface area (Å²) >= 11 is 18.0. The van der Waals surface area contributed by atoms with E-state index in [4.69, 9.17) is 34.8 Å². The van der Waals surface area contributed by atoms with Gasteiger partial charge in [-0.25, -0.2) is 4.79 Å². The number of aryl methyl sites for hydroxylation is 1. The van der Waals surface area contributed by atoms with Gasteiger partial charge < -0.3 is 0 Å². The van der Waals surface area contributed by atoms with Crippen molar-refractivity contribution in [1.29, 1.82) is 0 Å². The Morgan fingerprint density at radius 3 is 2.48 bits per heavy atom. The van der Waals surface area contributed by atoms with Crippen molar-refractivity contribution in [3.05, 3.63) is 79.4 Å². The Morgan fingerprint density at radius 1 is 1.04 bits per heavy atom. The fourth-order valence-corrected chi connectivity index (χ4v) is 3.01. The van der Waals surface area contributed by atoms with Crippen LogP contribution in [0.25, 0.3) is 5.69 Å². The van der Waals surface area contributed by atoms with E-state index < -0.39 is 0 Å². The van der Waals surface area contributed by atoms with Crippen LogP contribution in [0.4, 0.5) is 0 Å². The molecule has 118 valence electrons. The summed E-state index contributed by atoms with van der Waals surface area (Å²) in [5.41, 5.74) is 1.14. The van der Waals surface area contributed by atoms with E-state index in [2.05, 4.69) is 5.10 Å². The van der Waals surface area contributed by atoms with Gasteiger partial charge in [-0.05, 0) is 42.8 Å². The second kappa shape index (κ2) is 6.40. The molecule has 0 aliphatic carbocycles. The van der Waals surface area contributed by atoms with Gasteiger partial charge in [0.1, 0.15) is 5.82 Å². The van der Waals surface area contributed by atoms with Crippen LogP contribution in [0.1, 0.15) is 11.4 Å². The van der Waals surface area contributed by atoms with E-state index in [1.54, 1.807) is 35.8 Å². The second-order valence-corrected chi connectivity index (χ2v) is 6.33. The van der Waals surface area contributed by atoms with Gasteiger partial charge in [-0.2, -0.15) is 9.78 Å². The minimum absolute atomic E-state index is 0.272. The SMILES string of the molecule is Cc1nn(-c2ccc(Cl)cc2Cl)c(=O)n1Cc1cccc(Cl)c1. The molecule has 0 aliphatic heterocycles. The Labute approximate surface area is 147 Å². The monoisotopic (exact) mass is 367 g/mol. The third kappa shape index (κ3) is 3.29. The first-order valence-corrected chi connectivity index (χ1v) is 7.95. The van der Waals surface area contributed by atoms with Gasteiger partial charge in [0.05, 0.1) is 17.3 Å². The van der Waals surface area contributed by atoms with Crippen LogP contribution >= 0.6 is 34.8 Å². The summed E-state index contributed by atoms with van der Waals surface area (Å²) in [6.45, 7) is 2.16. The molecule has 23 heavy (non-hydrogen) atoms. The molecule has 0 saturated carbocycles. The molecule has 0 amide bonds. The maximum atomic E-state index is 12.7. The van der Waals surface area contributed by atoms with E-state index in [9.17, 15) is 4.79 Å². The van der Waals surface area contributed by atoms with E-state index >= 15 is 0 Å². The highest BCUT2D eigenvalue weighted by Gasteiger charge is 2.14. The third-order valence-electron chi connectivity index (χ3n) is 3.42. The maximum absolute atomic E-state index is 12.7. The number of hydrogen-bond donors (Lipinski definition) is 0. The average molecular weight is 369 g/mol. The summed E-state index contributed by atoms with van der Waals surface area (Å²) in [6, 6.07) is 12.3. The topological polar surface area (TPSA) is 39.8 Å². The Kier molecular flexibility index (Phi) is 4.48. The molecule has 0 saturated heterocycles. The molecule has 3 rings (SSSR count). The molecule has 7 heteroatoms. The van der Waals surface area contributed by atoms with E-state index in [1.165, 1.54) is 4.68 Å². The summed E-state index contributed by atoms with van der Waals surface area (Å²) in [5.74, 6) is 0.584. The lowest BCUT2D eigenvalue weighted by molar-refractivity contribution is 0.723. The van der Waals surface area contributed by atoms with Crippen molar-refractivity contribution >= 4 is 34.8 Å². The summed E-state index contributed by atoms with van der Waals surface area (Å²) < 4.78 is 2.84. The van der Waals surface area contributed by atoms with E-state index in [0.29, 0.717) is 33.1 Å². The fraction of sp³-hybridized carbons (Fsp3) is 0.125. The van der Waals surface area contributed by atoms with Gasteiger partial charge in [0.2, 0.25) is 0 Å². The van der Waals surface area contributed by atoms with Gasteiger partial charge in [-0.3, -0.25) is 4.57 Å². The smallest absolute Gasteiger partial charge is 0.274 e. The van der Waals surface area contributed by atoms with Crippen LogP contribution in [-0.2, 0) is 6.54 Å². The third-order valence-corrected chi connectivity index (χ3v) is 4.19. The first kappa shape index (κ1) is 16.1. The molecule has 0 aliphatic rings. The predicted octanol–water partition coefficient (Wildman–Crippen LogP) is 4.35. The van der Waals surface area contributed by atoms with Gasteiger partial charge >= 0.3 is 5.69 Å². The molecular weight excluding hydrogens is 357 g/mol. The second-order valence-electron chi connectivity index (χ2n) is 5.05. The zero-order chi connectivity index (χ0) is 16.6. The zero-order valence-corrected chi connectivity index (χ0v) is 14.4. The average Bonchev–Trinajstić information content (AvgIpc) is 2.75. The first-order chi connectivity index (χ1) is 11.0. The molecule has 0 unspecified atom stereocenters. The van der Waals surface area contributed by atoms with Crippen molar-refractivity contribution in [2.45, 2.75) is 13.5 Å². The van der Waals surface area contributed by atoms with Crippen molar-refractivity contribution in [2.24, 2.45) is 0 Å². The zero-order valence-electron chi connectivity index (χ0n) is 12.1. The Bertz CT molecular complexity index is 931. The van der Waals surface area contributed by atoms with Crippen LogP contribution in [0.3, 0.4) is 0 Å². The molecule has 1 heterocycles. The normalized spacial score (nSPS) is 11.0. The highest BCUT2D eigenvalue weighted by molar-refractivity contribution is 6.35. The number of rotatable bonds is 3. The van der Waals surface area contributed by atoms with Crippen LogP contribution in [-0.4, -0.2) is 14.3 Å². The van der Waals surface area contributed by atoms with Gasteiger partial charge in [0.15, 0.2) is 0 Å². The van der Waals surface area contributed by atoms with Gasteiger partial charge in [0.25, 0.3) is 0 Å². The van der Waals surface area contributed by atoms with Gasteiger partial charge in [0, 0.05) is 10.0 Å². The highest BCUT2D eigenvalue weighted by atomic mass is 35.5. The summed E-state index contributed by atoms with van der Waals surface area (Å²) in [7, 11) is 0. The number of halogens is 3. The van der Waals surface area contributed by atoms with E-state index in [-0.39, 0.29) is 5.69 Å². The van der Waals surface area contributed by atoms with Crippen LogP contribution in [0.2, 0.25) is 15.1 Å². The van der Waals surface area contributed by atoms with E-state index in [1.807, 2.05) is 18.2 Å². The number of nitrogens with zero attached hydrogens (tertiary/aromatic N) is 3. The largest absolute Gasteiger partial charge is 0.351 e. The lowest BCUT2D eigenvalue weighted by atomic mass is 10.2. The number of aromatic nitrogens is 3. The number of hydrogen-bond acceptors (Lipinski definition) is 2. The van der Waals surface area contributed by atoms with Crippen molar-refractivity contribution in [2.75, 3.05) is 0 Å². The molecule has 0 fully saturated rings. The van der Waals surface area contributed by atoms with Crippen molar-refractivity contribution in [3.8, 4) is 5.69 Å². The minimum Gasteiger partial charge on any atom is -0.274 e. The van der Waals surface area contributed by atoms with Crippen molar-refractivity contribution in [1.82, 2.24) is 14.3 Å². The molecule has 3 aromatic rings. The Balaban J connectivity index is 2.04. The Hall–Kier alpha value is -1.75. The van der Waals surface area contributed by atoms with E-state index in [0.717, 1.165) is 5.56 Å². The standard InChI is InChI=1S/C16H12Cl3N3O/c1-10-20-22(15-6-5-13(18)8-14(15)19)16(23)21(10)9-11-3-2-4-12(17)7-11/h2-8H,9H2,1H3. The molecule has 0 bridgehead atoms. The van der Waals surface area contributed by atoms with Crippen LogP contribution in [0, 0.1) is 6.92 Å². The summed E-state index contributed by atoms with van der Waals surface area (Å²) in [4.78, 5) is 12.7. The maximum Gasteiger partial charge on any atom is 0.351 e. The summed E-state index contributed by atoms with van der Waals surface area (Å²) in [5, 5.41) is 5.79. The molecule has 0 N–H and O–H groups in total. The van der Waals surface area contributed by atoms with Crippen LogP contribution < -0.4 is 5.69 Å². The quantitative estimate of drug-likeness (QED) is 0.689. The highest BCUT2D eigenvalue weighted by Crippen LogP contribution is 2.23. The molecule has 1 aromatic heterocycles. The molecule has 0 atom stereocenters. The molecule has 0 spiro atoms. The lowest BCUT2D eigenvalue weighted by Crippen LogP contribution is -2.24. The Morgan fingerprint density at radius 2 is 1.78 bits per heavy atom. The molecule has 4 nitrogen and oxygen atoms in total. The lowest BCUT2D eigenvalue weighted by Gasteiger charge is -2.04. The van der Waals surface area contributed by atoms with Gasteiger partial charge in [-0.1, -0.05) is 46.9 Å². The molecule has 0 radical (unpaired) electrons. The van der Waals surface area contributed by atoms with Crippen LogP contribution in [0.5, 0.6) is 0 Å². The molecule has 2 aromatic carbocycles. The van der Waals surface area contributed by atoms with Crippen molar-refractivity contribution in [3.63, 3.8) is 0 Å². The summed E-state index contributed by atoms with van der Waals surface area (Å²) in [6.07, 6.45) is 0.